The molecule has 0 fully saturated rings. The fourth-order valence-corrected chi connectivity index (χ4v) is 12.3. The van der Waals surface area contributed by atoms with Crippen molar-refractivity contribution < 1.29 is 75.8 Å². The Kier molecular flexibility index (Phi) is 76.6. The van der Waals surface area contributed by atoms with Gasteiger partial charge in [-0.15, -0.1) is 0 Å². The second-order valence-electron chi connectivity index (χ2n) is 27.2. The van der Waals surface area contributed by atoms with Gasteiger partial charge in [0.15, 0.2) is 6.10 Å². The highest BCUT2D eigenvalue weighted by atomic mass is 31.2. The molecular formula is C89H148O16P2. The van der Waals surface area contributed by atoms with Crippen LogP contribution in [0.5, 0.6) is 0 Å². The van der Waals surface area contributed by atoms with Crippen LogP contribution in [0.3, 0.4) is 0 Å². The lowest BCUT2D eigenvalue weighted by molar-refractivity contribution is -0.161. The first-order valence-corrected chi connectivity index (χ1v) is 44.4. The minimum absolute atomic E-state index is 0.0606. The minimum Gasteiger partial charge on any atom is -0.463 e. The molecule has 107 heavy (non-hydrogen) atoms. The quantitative estimate of drug-likeness (QED) is 0.0146. The van der Waals surface area contributed by atoms with Gasteiger partial charge in [0.05, 0.1) is 26.4 Å². The molecule has 5 unspecified atom stereocenters. The van der Waals surface area contributed by atoms with Gasteiger partial charge in [-0.05, 0) is 154 Å². The molecule has 0 aliphatic heterocycles. The van der Waals surface area contributed by atoms with Crippen LogP contribution in [0, 0.1) is 0 Å². The van der Waals surface area contributed by atoms with Crippen molar-refractivity contribution in [3.8, 4) is 0 Å². The van der Waals surface area contributed by atoms with Crippen molar-refractivity contribution in [3.05, 3.63) is 170 Å². The zero-order chi connectivity index (χ0) is 78.0. The highest BCUT2D eigenvalue weighted by Crippen LogP contribution is 2.45. The molecule has 0 aromatic rings. The van der Waals surface area contributed by atoms with E-state index >= 15 is 0 Å². The van der Waals surface area contributed by atoms with Crippen LogP contribution in [0.15, 0.2) is 170 Å². The lowest BCUT2D eigenvalue weighted by Gasteiger charge is -2.21. The molecule has 0 heterocycles. The van der Waals surface area contributed by atoms with Gasteiger partial charge in [-0.3, -0.25) is 32.5 Å². The molecule has 0 rings (SSSR count). The molecule has 610 valence electrons. The molecule has 0 aromatic carbocycles. The third-order valence-corrected chi connectivity index (χ3v) is 18.8. The summed E-state index contributed by atoms with van der Waals surface area (Å²) in [6, 6.07) is 0. The predicted octanol–water partition coefficient (Wildman–Crippen LogP) is 24.8. The van der Waals surface area contributed by atoms with Gasteiger partial charge in [0.1, 0.15) is 25.4 Å². The Balaban J connectivity index is 4.54. The van der Waals surface area contributed by atoms with E-state index in [4.69, 9.17) is 32.3 Å². The molecule has 0 amide bonds. The second-order valence-corrected chi connectivity index (χ2v) is 30.1. The maximum absolute atomic E-state index is 13.0. The van der Waals surface area contributed by atoms with Crippen LogP contribution >= 0.6 is 15.6 Å². The van der Waals surface area contributed by atoms with E-state index in [1.54, 1.807) is 0 Å². The Bertz CT molecular complexity index is 2620. The number of carbonyl (C=O) groups excluding carboxylic acids is 3. The normalized spacial score (nSPS) is 14.8. The number of aliphatic hydroxyl groups excluding tert-OH is 2. The van der Waals surface area contributed by atoms with Gasteiger partial charge in [-0.25, -0.2) is 9.13 Å². The zero-order valence-electron chi connectivity index (χ0n) is 66.7. The summed E-state index contributed by atoms with van der Waals surface area (Å²) in [6.45, 7) is 2.34. The van der Waals surface area contributed by atoms with Crippen LogP contribution in [-0.2, 0) is 55.8 Å². The van der Waals surface area contributed by atoms with Crippen LogP contribution in [0.25, 0.3) is 0 Å². The van der Waals surface area contributed by atoms with E-state index in [0.29, 0.717) is 19.3 Å². The molecule has 0 saturated heterocycles. The number of aliphatic hydroxyl groups is 2. The predicted molar refractivity (Wildman–Crippen MR) is 445 cm³/mol. The van der Waals surface area contributed by atoms with Crippen molar-refractivity contribution in [2.24, 2.45) is 0 Å². The van der Waals surface area contributed by atoms with Crippen LogP contribution in [0.2, 0.25) is 0 Å². The summed E-state index contributed by atoms with van der Waals surface area (Å²) in [6.07, 6.45) is 103. The fraction of sp³-hybridized carbons (Fsp3) is 0.652. The van der Waals surface area contributed by atoms with E-state index < -0.39 is 91.5 Å². The van der Waals surface area contributed by atoms with Gasteiger partial charge >= 0.3 is 33.6 Å². The number of hydrogen-bond donors (Lipinski definition) is 4. The van der Waals surface area contributed by atoms with E-state index in [1.807, 2.05) is 0 Å². The monoisotopic (exact) mass is 1540 g/mol. The van der Waals surface area contributed by atoms with Crippen molar-refractivity contribution in [3.63, 3.8) is 0 Å². The number of rotatable bonds is 77. The molecule has 0 saturated carbocycles. The highest BCUT2D eigenvalue weighted by molar-refractivity contribution is 7.47. The van der Waals surface area contributed by atoms with E-state index in [1.165, 1.54) is 116 Å². The Morgan fingerprint density at radius 1 is 0.271 bits per heavy atom. The largest absolute Gasteiger partial charge is 0.472 e. The Labute approximate surface area is 650 Å². The lowest BCUT2D eigenvalue weighted by atomic mass is 10.0. The minimum atomic E-state index is -4.96. The first-order chi connectivity index (χ1) is 52.2. The third-order valence-electron chi connectivity index (χ3n) is 16.9. The Morgan fingerprint density at radius 3 is 0.804 bits per heavy atom. The number of esters is 3. The van der Waals surface area contributed by atoms with Crippen molar-refractivity contribution in [2.45, 2.75) is 334 Å². The summed E-state index contributed by atoms with van der Waals surface area (Å²) < 4.78 is 61.1. The van der Waals surface area contributed by atoms with Crippen molar-refractivity contribution in [1.29, 1.82) is 0 Å². The second kappa shape index (κ2) is 80.4. The Morgan fingerprint density at radius 2 is 0.495 bits per heavy atom. The summed E-state index contributed by atoms with van der Waals surface area (Å²) in [7, 11) is -9.82. The molecule has 0 aliphatic rings. The summed E-state index contributed by atoms with van der Waals surface area (Å²) in [5, 5.41) is 20.7. The van der Waals surface area contributed by atoms with E-state index in [9.17, 15) is 43.5 Å². The van der Waals surface area contributed by atoms with Gasteiger partial charge in [0.25, 0.3) is 0 Å². The standard InChI is InChI=1S/C89H148O16P2/c1-4-7-10-13-16-19-22-25-28-31-33-35-36-37-38-39-40-41-42-43-44-45-46-48-50-52-54-57-60-63-66-69-72-75-87(92)99-78-84(90)79-101-106(95,96)102-80-85(91)81-103-107(97,98)104-83-86(105-89(94)77-74-71-68-65-62-59-56-51-30-27-24-21-18-15-12-9-6-3)82-100-88(93)76-73-70-67-64-61-58-55-53-49-47-34-32-29-26-23-20-17-14-11-8-5-2/h8-9,11-12,16-21,25-30,33-35,37-38,47,53,55-56,59,61,64,84-86,90-91H,4-7,10,13-15,22-24,31-32,36,39-46,48-52,54,57-58,60,62-63,65-83H2,1-3H3,(H,95,96)(H,97,98)/b11-8-,12-9-,19-16-,20-17-,21-18-,28-25-,29-26-,30-27-,35-33-,38-37-,47-34-,55-53-,59-56-,64-61-. The molecular weight excluding hydrogens is 1390 g/mol. The number of hydrogen-bond acceptors (Lipinski definition) is 14. The first-order valence-electron chi connectivity index (χ1n) is 41.4. The van der Waals surface area contributed by atoms with Gasteiger partial charge in [-0.2, -0.15) is 0 Å². The lowest BCUT2D eigenvalue weighted by Crippen LogP contribution is -2.30. The zero-order valence-corrected chi connectivity index (χ0v) is 68.5. The van der Waals surface area contributed by atoms with Crippen molar-refractivity contribution in [2.75, 3.05) is 39.6 Å². The topological polar surface area (TPSA) is 231 Å². The average molecular weight is 1540 g/mol. The van der Waals surface area contributed by atoms with E-state index in [0.717, 1.165) is 141 Å². The summed E-state index contributed by atoms with van der Waals surface area (Å²) >= 11 is 0. The molecule has 16 nitrogen and oxygen atoms in total. The van der Waals surface area contributed by atoms with Crippen molar-refractivity contribution in [1.82, 2.24) is 0 Å². The van der Waals surface area contributed by atoms with Crippen LogP contribution in [-0.4, -0.2) is 95.9 Å². The van der Waals surface area contributed by atoms with Gasteiger partial charge in [0, 0.05) is 19.3 Å². The molecule has 0 aliphatic carbocycles. The number of carbonyl (C=O) groups is 3. The van der Waals surface area contributed by atoms with Gasteiger partial charge < -0.3 is 34.2 Å². The summed E-state index contributed by atoms with van der Waals surface area (Å²) in [5.41, 5.74) is 0. The number of allylic oxidation sites excluding steroid dienone is 28. The average Bonchev–Trinajstić information content (AvgIpc) is 0.927. The molecule has 18 heteroatoms. The van der Waals surface area contributed by atoms with Crippen LogP contribution < -0.4 is 0 Å². The molecule has 0 aromatic heterocycles. The van der Waals surface area contributed by atoms with Gasteiger partial charge in [-0.1, -0.05) is 313 Å². The maximum atomic E-state index is 13.0. The Hall–Kier alpha value is -5.09. The molecule has 0 bridgehead atoms. The fourth-order valence-electron chi connectivity index (χ4n) is 10.7. The molecule has 0 radical (unpaired) electrons. The number of ether oxygens (including phenoxy) is 3. The highest BCUT2D eigenvalue weighted by Gasteiger charge is 2.29. The maximum Gasteiger partial charge on any atom is 0.472 e. The van der Waals surface area contributed by atoms with Crippen LogP contribution in [0.1, 0.15) is 316 Å². The SMILES string of the molecule is CC/C=C\C/C=C\C/C=C\C/C=C\C/C=C\C/C=C\CCCCC(=O)OCC(COP(=O)(O)OCC(O)COP(=O)(O)OCC(O)COC(=O)CCCCCCCCCCCCCCCCCCC/C=C\C/C=C\C/C=C\C/C=C\CCCCC)OC(=O)CCCCCC/C=C\C/C=C\C/C=C\C/C=C\CC. The van der Waals surface area contributed by atoms with Gasteiger partial charge in [0.2, 0.25) is 0 Å². The molecule has 4 N–H and O–H groups in total. The third kappa shape index (κ3) is 81.7. The molecule has 5 atom stereocenters. The van der Waals surface area contributed by atoms with Crippen LogP contribution in [0.4, 0.5) is 0 Å². The first kappa shape index (κ1) is 102. The number of phosphoric acid groups is 2. The molecule has 0 spiro atoms. The van der Waals surface area contributed by atoms with Crippen molar-refractivity contribution >= 4 is 33.6 Å². The smallest absolute Gasteiger partial charge is 0.463 e. The van der Waals surface area contributed by atoms with E-state index in [-0.39, 0.29) is 19.3 Å². The van der Waals surface area contributed by atoms with E-state index in [2.05, 4.69) is 191 Å². The number of unbranched alkanes of at least 4 members (excludes halogenated alkanes) is 26. The number of phosphoric ester groups is 2. The summed E-state index contributed by atoms with van der Waals surface area (Å²) in [5.74, 6) is -1.66. The summed E-state index contributed by atoms with van der Waals surface area (Å²) in [4.78, 5) is 58.7.